The van der Waals surface area contributed by atoms with Crippen molar-refractivity contribution in [2.75, 3.05) is 63.8 Å². The quantitative estimate of drug-likeness (QED) is 0.156. The van der Waals surface area contributed by atoms with Gasteiger partial charge in [0.05, 0.1) is 22.9 Å². The van der Waals surface area contributed by atoms with Gasteiger partial charge in [0.15, 0.2) is 0 Å². The SMILES string of the molecule is CCc1cccc(-c2cc(F)c(C(=O)N3CCC(CN4CCC(NC(=O)c5ccc(N6CCN(Cc7cnc8cc(CC)c(=O)[nH]c8c7)CC6)cn5)CC4)CC3)c(F)c2)c1. The second kappa shape index (κ2) is 18.4. The number of aryl methyl sites for hydroxylation is 2. The topological polar surface area (TPSA) is 118 Å². The minimum Gasteiger partial charge on any atom is -0.368 e. The molecule has 11 nitrogen and oxygen atoms in total. The van der Waals surface area contributed by atoms with Crippen LogP contribution in [0, 0.1) is 17.6 Å². The largest absolute Gasteiger partial charge is 0.368 e. The molecule has 0 atom stereocenters. The summed E-state index contributed by atoms with van der Waals surface area (Å²) in [5.74, 6) is -2.02. The van der Waals surface area contributed by atoms with Gasteiger partial charge >= 0.3 is 0 Å². The standard InChI is InChI=1S/C47H54F2N8O3/c1-3-31-6-5-7-35(22-31)36-24-39(48)44(40(49)25-36)47(60)57-16-10-32(11-17-57)29-54-14-12-37(13-15-54)52-46(59)41-9-8-38(28-51-41)56-20-18-55(19-21-56)30-33-23-43-42(50-27-33)26-34(4-2)45(58)53-43/h5-9,22-28,32,37H,3-4,10-21,29-30H2,1-2H3,(H,52,59)(H,53,58). The van der Waals surface area contributed by atoms with Crippen LogP contribution in [-0.2, 0) is 19.4 Å². The number of piperazine rings is 1. The van der Waals surface area contributed by atoms with Crippen molar-refractivity contribution >= 4 is 28.5 Å². The molecule has 2 N–H and O–H groups in total. The van der Waals surface area contributed by atoms with Gasteiger partial charge in [-0.1, -0.05) is 38.1 Å². The van der Waals surface area contributed by atoms with E-state index in [0.29, 0.717) is 36.7 Å². The van der Waals surface area contributed by atoms with Crippen molar-refractivity contribution in [3.63, 3.8) is 0 Å². The molecule has 0 saturated carbocycles. The summed E-state index contributed by atoms with van der Waals surface area (Å²) in [5.41, 5.74) is 6.47. The second-order valence-electron chi connectivity index (χ2n) is 16.6. The van der Waals surface area contributed by atoms with Gasteiger partial charge in [-0.05, 0) is 103 Å². The summed E-state index contributed by atoms with van der Waals surface area (Å²) < 4.78 is 30.5. The number of carbonyl (C=O) groups excluding carboxylic acids is 2. The fraction of sp³-hybridized carbons (Fsp3) is 0.426. The van der Waals surface area contributed by atoms with Crippen LogP contribution in [0.4, 0.5) is 14.5 Å². The number of rotatable bonds is 11. The zero-order chi connectivity index (χ0) is 41.8. The lowest BCUT2D eigenvalue weighted by atomic mass is 9.94. The zero-order valence-electron chi connectivity index (χ0n) is 34.6. The van der Waals surface area contributed by atoms with Gasteiger partial charge in [0, 0.05) is 83.2 Å². The summed E-state index contributed by atoms with van der Waals surface area (Å²) in [6.07, 6.45) is 8.41. The van der Waals surface area contributed by atoms with Crippen LogP contribution >= 0.6 is 0 Å². The highest BCUT2D eigenvalue weighted by Gasteiger charge is 2.30. The number of pyridine rings is 3. The Morgan fingerprint density at radius 1 is 0.767 bits per heavy atom. The van der Waals surface area contributed by atoms with E-state index in [0.717, 1.165) is 123 Å². The van der Waals surface area contributed by atoms with Gasteiger partial charge in [-0.2, -0.15) is 0 Å². The van der Waals surface area contributed by atoms with Gasteiger partial charge in [-0.15, -0.1) is 0 Å². The average molecular weight is 817 g/mol. The average Bonchev–Trinajstić information content (AvgIpc) is 3.27. The molecule has 0 bridgehead atoms. The van der Waals surface area contributed by atoms with Crippen molar-refractivity contribution < 1.29 is 18.4 Å². The van der Waals surface area contributed by atoms with Gasteiger partial charge in [0.2, 0.25) is 0 Å². The van der Waals surface area contributed by atoms with Gasteiger partial charge in [-0.3, -0.25) is 24.3 Å². The van der Waals surface area contributed by atoms with Crippen LogP contribution in [0.5, 0.6) is 0 Å². The molecule has 60 heavy (non-hydrogen) atoms. The van der Waals surface area contributed by atoms with Crippen LogP contribution in [0.3, 0.4) is 0 Å². The molecule has 5 aromatic rings. The van der Waals surface area contributed by atoms with E-state index in [-0.39, 0.29) is 17.5 Å². The third kappa shape index (κ3) is 9.42. The predicted molar refractivity (Wildman–Crippen MR) is 230 cm³/mol. The summed E-state index contributed by atoms with van der Waals surface area (Å²) in [7, 11) is 0. The number of hydrogen-bond acceptors (Lipinski definition) is 8. The number of aromatic amines is 1. The molecule has 314 valence electrons. The number of likely N-dealkylation sites (tertiary alicyclic amines) is 2. The van der Waals surface area contributed by atoms with Crippen molar-refractivity contribution in [1.29, 1.82) is 0 Å². The van der Waals surface area contributed by atoms with E-state index in [1.807, 2.05) is 62.5 Å². The number of amides is 2. The molecule has 3 saturated heterocycles. The van der Waals surface area contributed by atoms with Crippen LogP contribution in [0.2, 0.25) is 0 Å². The summed E-state index contributed by atoms with van der Waals surface area (Å²) in [6.45, 7) is 11.7. The highest BCUT2D eigenvalue weighted by atomic mass is 19.1. The van der Waals surface area contributed by atoms with E-state index in [9.17, 15) is 14.4 Å². The van der Waals surface area contributed by atoms with Crippen LogP contribution in [0.25, 0.3) is 22.2 Å². The Labute approximate surface area is 349 Å². The van der Waals surface area contributed by atoms with E-state index in [2.05, 4.69) is 35.0 Å². The van der Waals surface area contributed by atoms with Crippen molar-refractivity contribution in [1.82, 2.24) is 35.0 Å². The molecule has 6 heterocycles. The lowest BCUT2D eigenvalue weighted by molar-refractivity contribution is 0.0642. The summed E-state index contributed by atoms with van der Waals surface area (Å²) in [6, 6.07) is 17.9. The normalized spacial score (nSPS) is 17.3. The Hall–Kier alpha value is -5.53. The van der Waals surface area contributed by atoms with Gasteiger partial charge in [0.25, 0.3) is 17.4 Å². The lowest BCUT2D eigenvalue weighted by Gasteiger charge is -2.38. The highest BCUT2D eigenvalue weighted by molar-refractivity contribution is 5.95. The number of piperidine rings is 2. The molecule has 8 rings (SSSR count). The Balaban J connectivity index is 0.747. The monoisotopic (exact) mass is 816 g/mol. The third-order valence-electron chi connectivity index (χ3n) is 12.6. The number of anilines is 1. The van der Waals surface area contributed by atoms with Gasteiger partial charge in [0.1, 0.15) is 22.9 Å². The molecule has 2 aromatic carbocycles. The van der Waals surface area contributed by atoms with Crippen LogP contribution in [0.15, 0.2) is 77.9 Å². The number of fused-ring (bicyclic) bond motifs is 1. The van der Waals surface area contributed by atoms with Crippen LogP contribution < -0.4 is 15.8 Å². The fourth-order valence-electron chi connectivity index (χ4n) is 8.92. The molecule has 0 spiro atoms. The van der Waals surface area contributed by atoms with E-state index in [4.69, 9.17) is 0 Å². The summed E-state index contributed by atoms with van der Waals surface area (Å²) >= 11 is 0. The first-order chi connectivity index (χ1) is 29.1. The van der Waals surface area contributed by atoms with Crippen molar-refractivity contribution in [3.8, 4) is 11.1 Å². The predicted octanol–water partition coefficient (Wildman–Crippen LogP) is 6.46. The third-order valence-corrected chi connectivity index (χ3v) is 12.6. The van der Waals surface area contributed by atoms with Crippen LogP contribution in [0.1, 0.15) is 77.1 Å². The maximum Gasteiger partial charge on any atom is 0.270 e. The molecule has 0 unspecified atom stereocenters. The lowest BCUT2D eigenvalue weighted by Crippen LogP contribution is -2.47. The molecule has 2 amide bonds. The molecule has 3 fully saturated rings. The molecule has 13 heteroatoms. The molecule has 3 aliphatic heterocycles. The second-order valence-corrected chi connectivity index (χ2v) is 16.6. The number of aromatic nitrogens is 3. The van der Waals surface area contributed by atoms with Crippen LogP contribution in [-0.4, -0.2) is 106 Å². The number of nitrogens with zero attached hydrogens (tertiary/aromatic N) is 6. The number of H-pyrrole nitrogens is 1. The first kappa shape index (κ1) is 41.2. The van der Waals surface area contributed by atoms with Gasteiger partial charge in [-0.25, -0.2) is 13.8 Å². The van der Waals surface area contributed by atoms with Crippen molar-refractivity contribution in [3.05, 3.63) is 123 Å². The molecule has 3 aromatic heterocycles. The van der Waals surface area contributed by atoms with E-state index < -0.39 is 23.1 Å². The van der Waals surface area contributed by atoms with E-state index >= 15 is 8.78 Å². The Morgan fingerprint density at radius 2 is 1.52 bits per heavy atom. The summed E-state index contributed by atoms with van der Waals surface area (Å²) in [4.78, 5) is 59.5. The minimum absolute atomic E-state index is 0.0531. The molecule has 0 radical (unpaired) electrons. The Kier molecular flexibility index (Phi) is 12.6. The maximum atomic E-state index is 15.2. The van der Waals surface area contributed by atoms with E-state index in [1.165, 1.54) is 12.1 Å². The Bertz CT molecular complexity index is 2360. The number of carbonyl (C=O) groups is 2. The molecular weight excluding hydrogens is 763 g/mol. The molecule has 0 aliphatic carbocycles. The smallest absolute Gasteiger partial charge is 0.270 e. The highest BCUT2D eigenvalue weighted by Crippen LogP contribution is 2.29. The van der Waals surface area contributed by atoms with Crippen molar-refractivity contribution in [2.24, 2.45) is 5.92 Å². The summed E-state index contributed by atoms with van der Waals surface area (Å²) in [5, 5.41) is 3.19. The fourth-order valence-corrected chi connectivity index (χ4v) is 8.92. The first-order valence-electron chi connectivity index (χ1n) is 21.5. The van der Waals surface area contributed by atoms with Gasteiger partial charge < -0.3 is 25.0 Å². The number of benzene rings is 2. The zero-order valence-corrected chi connectivity index (χ0v) is 34.6. The van der Waals surface area contributed by atoms with E-state index in [1.54, 1.807) is 17.2 Å². The Morgan fingerprint density at radius 3 is 2.20 bits per heavy atom. The number of halogens is 2. The first-order valence-corrected chi connectivity index (χ1v) is 21.5. The van der Waals surface area contributed by atoms with Crippen molar-refractivity contribution in [2.45, 2.75) is 65.0 Å². The number of hydrogen-bond donors (Lipinski definition) is 2. The molecular formula is C47H54F2N8O3. The number of nitrogens with one attached hydrogen (secondary N) is 2. The maximum absolute atomic E-state index is 15.2. The molecule has 3 aliphatic rings. The minimum atomic E-state index is -0.827.